The van der Waals surface area contributed by atoms with Gasteiger partial charge in [0.1, 0.15) is 5.60 Å². The molecule has 0 unspecified atom stereocenters. The highest BCUT2D eigenvalue weighted by Crippen LogP contribution is 2.71. The number of hydrogen-bond donors (Lipinski definition) is 2. The summed E-state index contributed by atoms with van der Waals surface area (Å²) in [7, 11) is 0. The van der Waals surface area contributed by atoms with Gasteiger partial charge in [-0.2, -0.15) is 0 Å². The number of hydrogen-bond acceptors (Lipinski definition) is 3. The molecular weight excluding hydrogens is 246 g/mol. The summed E-state index contributed by atoms with van der Waals surface area (Å²) in [5.41, 5.74) is -1.40. The predicted octanol–water partition coefficient (Wildman–Crippen LogP) is 2.55. The summed E-state index contributed by atoms with van der Waals surface area (Å²) >= 11 is 0. The molecule has 0 radical (unpaired) electrons. The first kappa shape index (κ1) is 14.2. The van der Waals surface area contributed by atoms with E-state index in [1.165, 1.54) is 0 Å². The molecule has 2 aliphatic rings. The second-order valence-corrected chi connectivity index (χ2v) is 6.91. The third-order valence-electron chi connectivity index (χ3n) is 4.43. The Bertz CT molecular complexity index is 393. The smallest absolute Gasteiger partial charge is 0.407 e. The Balaban J connectivity index is 1.94. The Morgan fingerprint density at radius 2 is 1.84 bits per heavy atom. The van der Waals surface area contributed by atoms with E-state index in [4.69, 9.17) is 4.74 Å². The number of carboxylic acid groups (broad SMARTS) is 1. The first-order chi connectivity index (χ1) is 8.71. The lowest BCUT2D eigenvalue weighted by atomic mass is 9.91. The van der Waals surface area contributed by atoms with Gasteiger partial charge in [-0.3, -0.25) is 4.79 Å². The second-order valence-electron chi connectivity index (χ2n) is 6.91. The molecule has 5 nitrogen and oxygen atoms in total. The SMILES string of the molecule is CC(C)(C)OC(=O)NC[C@@]1(C(=O)O)CC12CCCC2. The molecule has 19 heavy (non-hydrogen) atoms. The molecule has 1 spiro atoms. The van der Waals surface area contributed by atoms with E-state index >= 15 is 0 Å². The maximum atomic E-state index is 11.6. The Hall–Kier alpha value is -1.26. The maximum Gasteiger partial charge on any atom is 0.407 e. The standard InChI is InChI=1S/C14H23NO4/c1-12(2,3)19-11(18)15-9-14(10(16)17)8-13(14)6-4-5-7-13/h4-9H2,1-3H3,(H,15,18)(H,16,17)/t14-/m1/s1. The van der Waals surface area contributed by atoms with Gasteiger partial charge in [-0.15, -0.1) is 0 Å². The van der Waals surface area contributed by atoms with E-state index < -0.39 is 23.1 Å². The summed E-state index contributed by atoms with van der Waals surface area (Å²) in [6.07, 6.45) is 4.28. The van der Waals surface area contributed by atoms with Crippen molar-refractivity contribution in [2.45, 2.75) is 58.5 Å². The molecule has 108 valence electrons. The number of alkyl carbamates (subject to hydrolysis) is 1. The molecule has 2 fully saturated rings. The zero-order valence-corrected chi connectivity index (χ0v) is 11.9. The van der Waals surface area contributed by atoms with E-state index in [0.29, 0.717) is 6.42 Å². The molecule has 0 aliphatic heterocycles. The fourth-order valence-electron chi connectivity index (χ4n) is 3.41. The average Bonchev–Trinajstić information content (AvgIpc) is 2.60. The van der Waals surface area contributed by atoms with E-state index in [1.807, 2.05) is 0 Å². The van der Waals surface area contributed by atoms with Gasteiger partial charge >= 0.3 is 12.1 Å². The molecule has 2 aliphatic carbocycles. The largest absolute Gasteiger partial charge is 0.481 e. The Labute approximate surface area is 113 Å². The molecule has 2 N–H and O–H groups in total. The van der Waals surface area contributed by atoms with Crippen LogP contribution in [-0.2, 0) is 9.53 Å². The molecule has 0 aromatic carbocycles. The van der Waals surface area contributed by atoms with Crippen molar-refractivity contribution in [3.8, 4) is 0 Å². The lowest BCUT2D eigenvalue weighted by Gasteiger charge is -2.22. The van der Waals surface area contributed by atoms with E-state index in [-0.39, 0.29) is 12.0 Å². The Kier molecular flexibility index (Phi) is 3.27. The third-order valence-corrected chi connectivity index (χ3v) is 4.43. The minimum absolute atomic E-state index is 0.0755. The number of carbonyl (C=O) groups excluding carboxylic acids is 1. The highest BCUT2D eigenvalue weighted by atomic mass is 16.6. The molecule has 5 heteroatoms. The van der Waals surface area contributed by atoms with Gasteiger partial charge in [-0.05, 0) is 45.4 Å². The van der Waals surface area contributed by atoms with Crippen LogP contribution in [0.1, 0.15) is 52.9 Å². The van der Waals surface area contributed by atoms with Gasteiger partial charge in [0.25, 0.3) is 0 Å². The molecule has 1 amide bonds. The summed E-state index contributed by atoms with van der Waals surface area (Å²) in [5, 5.41) is 12.1. The van der Waals surface area contributed by atoms with Crippen LogP contribution in [0.4, 0.5) is 4.79 Å². The van der Waals surface area contributed by atoms with Crippen molar-refractivity contribution in [1.29, 1.82) is 0 Å². The molecule has 2 saturated carbocycles. The first-order valence-electron chi connectivity index (χ1n) is 6.91. The van der Waals surface area contributed by atoms with Crippen molar-refractivity contribution in [2.24, 2.45) is 10.8 Å². The lowest BCUT2D eigenvalue weighted by Crippen LogP contribution is -2.40. The van der Waals surface area contributed by atoms with Gasteiger partial charge in [0, 0.05) is 6.54 Å². The molecule has 2 rings (SSSR count). The summed E-state index contributed by atoms with van der Waals surface area (Å²) in [6, 6.07) is 0. The van der Waals surface area contributed by atoms with Crippen LogP contribution < -0.4 is 5.32 Å². The van der Waals surface area contributed by atoms with Crippen molar-refractivity contribution < 1.29 is 19.4 Å². The van der Waals surface area contributed by atoms with Crippen LogP contribution in [0.5, 0.6) is 0 Å². The molecular formula is C14H23NO4. The van der Waals surface area contributed by atoms with Crippen LogP contribution in [0, 0.1) is 10.8 Å². The number of aliphatic carboxylic acids is 1. The normalized spacial score (nSPS) is 28.2. The van der Waals surface area contributed by atoms with Gasteiger partial charge in [0.2, 0.25) is 0 Å². The topological polar surface area (TPSA) is 75.6 Å². The van der Waals surface area contributed by atoms with Crippen molar-refractivity contribution >= 4 is 12.1 Å². The summed E-state index contributed by atoms with van der Waals surface area (Å²) in [5.74, 6) is -0.787. The number of nitrogens with one attached hydrogen (secondary N) is 1. The van der Waals surface area contributed by atoms with Crippen molar-refractivity contribution in [1.82, 2.24) is 5.32 Å². The third kappa shape index (κ3) is 2.55. The van der Waals surface area contributed by atoms with Gasteiger partial charge in [0.05, 0.1) is 5.41 Å². The van der Waals surface area contributed by atoms with E-state index in [1.54, 1.807) is 20.8 Å². The van der Waals surface area contributed by atoms with Crippen LogP contribution in [-0.4, -0.2) is 29.3 Å². The van der Waals surface area contributed by atoms with Crippen LogP contribution in [0.2, 0.25) is 0 Å². The predicted molar refractivity (Wildman–Crippen MR) is 69.8 cm³/mol. The van der Waals surface area contributed by atoms with Gasteiger partial charge in [-0.1, -0.05) is 12.8 Å². The van der Waals surface area contributed by atoms with Crippen LogP contribution in [0.25, 0.3) is 0 Å². The van der Waals surface area contributed by atoms with Gasteiger partial charge in [-0.25, -0.2) is 4.79 Å². The van der Waals surface area contributed by atoms with Crippen molar-refractivity contribution in [3.63, 3.8) is 0 Å². The molecule has 0 saturated heterocycles. The molecule has 0 bridgehead atoms. The van der Waals surface area contributed by atoms with Gasteiger partial charge < -0.3 is 15.2 Å². The minimum Gasteiger partial charge on any atom is -0.481 e. The second kappa shape index (κ2) is 4.39. The first-order valence-corrected chi connectivity index (χ1v) is 6.91. The number of rotatable bonds is 3. The fraction of sp³-hybridized carbons (Fsp3) is 0.857. The van der Waals surface area contributed by atoms with Gasteiger partial charge in [0.15, 0.2) is 0 Å². The Morgan fingerprint density at radius 3 is 2.32 bits per heavy atom. The number of amides is 1. The zero-order chi connectivity index (χ0) is 14.3. The number of ether oxygens (including phenoxy) is 1. The van der Waals surface area contributed by atoms with Crippen molar-refractivity contribution in [2.75, 3.05) is 6.54 Å². The quantitative estimate of drug-likeness (QED) is 0.825. The average molecular weight is 269 g/mol. The molecule has 0 aromatic rings. The highest BCUT2D eigenvalue weighted by molar-refractivity contribution is 5.81. The van der Waals surface area contributed by atoms with Crippen LogP contribution in [0.3, 0.4) is 0 Å². The minimum atomic E-state index is -0.787. The van der Waals surface area contributed by atoms with E-state index in [0.717, 1.165) is 25.7 Å². The molecule has 0 aromatic heterocycles. The summed E-state index contributed by atoms with van der Waals surface area (Å²) in [4.78, 5) is 23.2. The van der Waals surface area contributed by atoms with Crippen LogP contribution >= 0.6 is 0 Å². The van der Waals surface area contributed by atoms with E-state index in [2.05, 4.69) is 5.32 Å². The maximum absolute atomic E-state index is 11.6. The highest BCUT2D eigenvalue weighted by Gasteiger charge is 2.72. The van der Waals surface area contributed by atoms with Crippen LogP contribution in [0.15, 0.2) is 0 Å². The lowest BCUT2D eigenvalue weighted by molar-refractivity contribution is -0.144. The van der Waals surface area contributed by atoms with E-state index in [9.17, 15) is 14.7 Å². The summed E-state index contributed by atoms with van der Waals surface area (Å²) in [6.45, 7) is 5.54. The Morgan fingerprint density at radius 1 is 1.26 bits per heavy atom. The zero-order valence-electron chi connectivity index (χ0n) is 11.9. The molecule has 0 heterocycles. The molecule has 1 atom stereocenters. The summed E-state index contributed by atoms with van der Waals surface area (Å²) < 4.78 is 5.15. The van der Waals surface area contributed by atoms with Crippen molar-refractivity contribution in [3.05, 3.63) is 0 Å². The number of carbonyl (C=O) groups is 2. The number of carboxylic acids is 1. The fourth-order valence-corrected chi connectivity index (χ4v) is 3.41. The monoisotopic (exact) mass is 269 g/mol.